The van der Waals surface area contributed by atoms with Gasteiger partial charge >= 0.3 is 0 Å². The molecule has 0 saturated heterocycles. The van der Waals surface area contributed by atoms with Crippen LogP contribution in [0.4, 0.5) is 0 Å². The SMILES string of the molecule is CCCCN(CCC(O)C(C)(C)C)C1CC1. The predicted molar refractivity (Wildman–Crippen MR) is 69.6 cm³/mol. The number of unbranched alkanes of at least 4 members (excludes halogenated alkanes) is 1. The highest BCUT2D eigenvalue weighted by Crippen LogP contribution is 2.28. The van der Waals surface area contributed by atoms with Crippen LogP contribution in [0.1, 0.15) is 59.8 Å². The zero-order chi connectivity index (χ0) is 12.2. The van der Waals surface area contributed by atoms with E-state index in [-0.39, 0.29) is 11.5 Å². The van der Waals surface area contributed by atoms with Gasteiger partial charge in [-0.2, -0.15) is 0 Å². The lowest BCUT2D eigenvalue weighted by molar-refractivity contribution is 0.0446. The maximum absolute atomic E-state index is 10.0. The van der Waals surface area contributed by atoms with E-state index in [9.17, 15) is 5.11 Å². The summed E-state index contributed by atoms with van der Waals surface area (Å²) in [5, 5.41) is 10.0. The Kier molecular flexibility index (Phi) is 5.26. The van der Waals surface area contributed by atoms with E-state index in [0.29, 0.717) is 0 Å². The Balaban J connectivity index is 2.26. The Hall–Kier alpha value is -0.0800. The van der Waals surface area contributed by atoms with Crippen LogP contribution in [0.5, 0.6) is 0 Å². The molecule has 1 fully saturated rings. The van der Waals surface area contributed by atoms with Crippen molar-refractivity contribution in [2.45, 2.75) is 71.9 Å². The highest BCUT2D eigenvalue weighted by atomic mass is 16.3. The van der Waals surface area contributed by atoms with Gasteiger partial charge in [-0.15, -0.1) is 0 Å². The molecule has 2 nitrogen and oxygen atoms in total. The van der Waals surface area contributed by atoms with Crippen LogP contribution in [-0.4, -0.2) is 35.2 Å². The summed E-state index contributed by atoms with van der Waals surface area (Å²) in [5.74, 6) is 0. The predicted octanol–water partition coefficient (Wildman–Crippen LogP) is 3.05. The number of rotatable bonds is 7. The second kappa shape index (κ2) is 6.02. The van der Waals surface area contributed by atoms with Crippen LogP contribution >= 0.6 is 0 Å². The fourth-order valence-corrected chi connectivity index (χ4v) is 2.00. The van der Waals surface area contributed by atoms with Crippen LogP contribution in [0.3, 0.4) is 0 Å². The quantitative estimate of drug-likeness (QED) is 0.722. The summed E-state index contributed by atoms with van der Waals surface area (Å²) < 4.78 is 0. The van der Waals surface area contributed by atoms with Gasteiger partial charge < -0.3 is 10.0 Å². The molecule has 0 heterocycles. The monoisotopic (exact) mass is 227 g/mol. The summed E-state index contributed by atoms with van der Waals surface area (Å²) in [6.07, 6.45) is 6.05. The van der Waals surface area contributed by atoms with Crippen molar-refractivity contribution < 1.29 is 5.11 Å². The average molecular weight is 227 g/mol. The molecule has 1 rings (SSSR count). The number of nitrogens with zero attached hydrogens (tertiary/aromatic N) is 1. The molecule has 1 aliphatic rings. The molecule has 0 radical (unpaired) electrons. The Morgan fingerprint density at radius 3 is 2.31 bits per heavy atom. The van der Waals surface area contributed by atoms with Crippen LogP contribution < -0.4 is 0 Å². The summed E-state index contributed by atoms with van der Waals surface area (Å²) >= 11 is 0. The van der Waals surface area contributed by atoms with Gasteiger partial charge in [0.1, 0.15) is 0 Å². The Morgan fingerprint density at radius 1 is 1.25 bits per heavy atom. The second-order valence-electron chi connectivity index (χ2n) is 6.29. The molecular formula is C14H29NO. The molecule has 1 aliphatic carbocycles. The van der Waals surface area contributed by atoms with Gasteiger partial charge in [0.15, 0.2) is 0 Å². The van der Waals surface area contributed by atoms with Crippen molar-refractivity contribution in [3.05, 3.63) is 0 Å². The molecule has 0 aromatic carbocycles. The minimum atomic E-state index is -0.171. The summed E-state index contributed by atoms with van der Waals surface area (Å²) in [6.45, 7) is 10.9. The van der Waals surface area contributed by atoms with E-state index in [1.807, 2.05) is 0 Å². The zero-order valence-corrected chi connectivity index (χ0v) is 11.5. The third-order valence-electron chi connectivity index (χ3n) is 3.55. The fourth-order valence-electron chi connectivity index (χ4n) is 2.00. The zero-order valence-electron chi connectivity index (χ0n) is 11.5. The van der Waals surface area contributed by atoms with Gasteiger partial charge in [-0.1, -0.05) is 34.1 Å². The molecule has 1 atom stereocenters. The van der Waals surface area contributed by atoms with Gasteiger partial charge in [0.25, 0.3) is 0 Å². The number of hydrogen-bond acceptors (Lipinski definition) is 2. The van der Waals surface area contributed by atoms with Gasteiger partial charge in [0.05, 0.1) is 6.10 Å². The number of aliphatic hydroxyl groups is 1. The molecule has 1 N–H and O–H groups in total. The smallest absolute Gasteiger partial charge is 0.0600 e. The molecule has 96 valence electrons. The average Bonchev–Trinajstić information content (AvgIpc) is 2.99. The third-order valence-corrected chi connectivity index (χ3v) is 3.55. The van der Waals surface area contributed by atoms with E-state index >= 15 is 0 Å². The van der Waals surface area contributed by atoms with E-state index in [4.69, 9.17) is 0 Å². The van der Waals surface area contributed by atoms with E-state index in [1.54, 1.807) is 0 Å². The van der Waals surface area contributed by atoms with Gasteiger partial charge in [0.2, 0.25) is 0 Å². The summed E-state index contributed by atoms with van der Waals surface area (Å²) in [5.41, 5.74) is 0.0278. The maximum atomic E-state index is 10.0. The minimum absolute atomic E-state index is 0.0278. The molecule has 1 unspecified atom stereocenters. The fraction of sp³-hybridized carbons (Fsp3) is 1.00. The summed E-state index contributed by atoms with van der Waals surface area (Å²) in [6, 6.07) is 0.832. The van der Waals surface area contributed by atoms with Crippen LogP contribution in [0.25, 0.3) is 0 Å². The van der Waals surface area contributed by atoms with Crippen molar-refractivity contribution in [2.24, 2.45) is 5.41 Å². The van der Waals surface area contributed by atoms with Gasteiger partial charge in [-0.05, 0) is 37.6 Å². The van der Waals surface area contributed by atoms with Crippen molar-refractivity contribution in [3.8, 4) is 0 Å². The molecule has 0 bridgehead atoms. The van der Waals surface area contributed by atoms with Gasteiger partial charge in [-0.25, -0.2) is 0 Å². The largest absolute Gasteiger partial charge is 0.393 e. The van der Waals surface area contributed by atoms with E-state index in [0.717, 1.165) is 19.0 Å². The van der Waals surface area contributed by atoms with Crippen molar-refractivity contribution in [1.29, 1.82) is 0 Å². The molecule has 1 saturated carbocycles. The molecule has 0 spiro atoms. The number of aliphatic hydroxyl groups excluding tert-OH is 1. The van der Waals surface area contributed by atoms with Crippen molar-refractivity contribution in [3.63, 3.8) is 0 Å². The minimum Gasteiger partial charge on any atom is -0.393 e. The summed E-state index contributed by atoms with van der Waals surface area (Å²) in [4.78, 5) is 2.58. The molecular weight excluding hydrogens is 198 g/mol. The second-order valence-corrected chi connectivity index (χ2v) is 6.29. The van der Waals surface area contributed by atoms with Gasteiger partial charge in [0, 0.05) is 12.6 Å². The van der Waals surface area contributed by atoms with Crippen LogP contribution in [0, 0.1) is 5.41 Å². The lowest BCUT2D eigenvalue weighted by Gasteiger charge is -2.29. The first-order chi connectivity index (χ1) is 7.45. The van der Waals surface area contributed by atoms with E-state index in [2.05, 4.69) is 32.6 Å². The Bertz CT molecular complexity index is 193. The summed E-state index contributed by atoms with van der Waals surface area (Å²) in [7, 11) is 0. The van der Waals surface area contributed by atoms with Gasteiger partial charge in [-0.3, -0.25) is 0 Å². The van der Waals surface area contributed by atoms with Crippen molar-refractivity contribution in [2.75, 3.05) is 13.1 Å². The third kappa shape index (κ3) is 4.84. The van der Waals surface area contributed by atoms with Crippen molar-refractivity contribution in [1.82, 2.24) is 4.90 Å². The molecule has 0 aliphatic heterocycles. The highest BCUT2D eigenvalue weighted by molar-refractivity contribution is 4.85. The Labute approximate surface area is 101 Å². The highest BCUT2D eigenvalue weighted by Gasteiger charge is 2.30. The number of hydrogen-bond donors (Lipinski definition) is 1. The normalized spacial score (nSPS) is 19.1. The lowest BCUT2D eigenvalue weighted by atomic mass is 9.87. The first-order valence-electron chi connectivity index (χ1n) is 6.87. The van der Waals surface area contributed by atoms with Crippen LogP contribution in [0.2, 0.25) is 0 Å². The molecule has 2 heteroatoms. The van der Waals surface area contributed by atoms with E-state index < -0.39 is 0 Å². The maximum Gasteiger partial charge on any atom is 0.0600 e. The first kappa shape index (κ1) is 14.0. The van der Waals surface area contributed by atoms with E-state index in [1.165, 1.54) is 32.2 Å². The molecule has 0 aromatic heterocycles. The Morgan fingerprint density at radius 2 is 1.88 bits per heavy atom. The standard InChI is InChI=1S/C14H29NO/c1-5-6-10-15(12-7-8-12)11-9-13(16)14(2,3)4/h12-13,16H,5-11H2,1-4H3. The molecule has 0 amide bonds. The first-order valence-corrected chi connectivity index (χ1v) is 6.87. The van der Waals surface area contributed by atoms with Crippen molar-refractivity contribution >= 4 is 0 Å². The van der Waals surface area contributed by atoms with Crippen LogP contribution in [0.15, 0.2) is 0 Å². The molecule has 16 heavy (non-hydrogen) atoms. The topological polar surface area (TPSA) is 23.5 Å². The lowest BCUT2D eigenvalue weighted by Crippen LogP contribution is -2.34. The molecule has 0 aromatic rings. The van der Waals surface area contributed by atoms with Crippen LogP contribution in [-0.2, 0) is 0 Å².